The van der Waals surface area contributed by atoms with Crippen molar-refractivity contribution in [1.29, 1.82) is 0 Å². The third-order valence-electron chi connectivity index (χ3n) is 4.42. The average Bonchev–Trinajstić information content (AvgIpc) is 3.01. The zero-order valence-electron chi connectivity index (χ0n) is 11.8. The van der Waals surface area contributed by atoms with E-state index in [1.165, 1.54) is 0 Å². The predicted octanol–water partition coefficient (Wildman–Crippen LogP) is 1.46. The summed E-state index contributed by atoms with van der Waals surface area (Å²) in [5.41, 5.74) is 0.947. The van der Waals surface area contributed by atoms with Gasteiger partial charge in [-0.25, -0.2) is 4.68 Å². The van der Waals surface area contributed by atoms with Crippen LogP contribution in [0, 0.1) is 11.8 Å². The largest absolute Gasteiger partial charge is 0.368 e. The Morgan fingerprint density at radius 2 is 2.10 bits per heavy atom. The highest BCUT2D eigenvalue weighted by atomic mass is 79.9. The van der Waals surface area contributed by atoms with Crippen LogP contribution in [0.15, 0.2) is 15.5 Å². The van der Waals surface area contributed by atoms with E-state index in [-0.39, 0.29) is 5.56 Å². The number of nitrogens with one attached hydrogen (secondary N) is 1. The molecular weight excluding hydrogens is 320 g/mol. The van der Waals surface area contributed by atoms with Crippen molar-refractivity contribution in [2.75, 3.05) is 31.1 Å². The minimum Gasteiger partial charge on any atom is -0.368 e. The van der Waals surface area contributed by atoms with Gasteiger partial charge in [-0.05, 0) is 34.2 Å². The monoisotopic (exact) mass is 340 g/mol. The fraction of sp³-hybridized carbons (Fsp3) is 0.714. The second kappa shape index (κ2) is 5.85. The second-order valence-corrected chi connectivity index (χ2v) is 6.60. The topological polar surface area (TPSA) is 50.2 Å². The summed E-state index contributed by atoms with van der Waals surface area (Å²) in [7, 11) is 0. The van der Waals surface area contributed by atoms with E-state index in [2.05, 4.69) is 38.2 Å². The smallest absolute Gasteiger partial charge is 0.283 e. The summed E-state index contributed by atoms with van der Waals surface area (Å²) in [5, 5.41) is 7.77. The van der Waals surface area contributed by atoms with Gasteiger partial charge in [0.2, 0.25) is 0 Å². The van der Waals surface area contributed by atoms with Gasteiger partial charge in [0.25, 0.3) is 5.56 Å². The van der Waals surface area contributed by atoms with Gasteiger partial charge in [0.05, 0.1) is 11.9 Å². The molecule has 2 unspecified atom stereocenters. The first-order valence-electron chi connectivity index (χ1n) is 7.42. The summed E-state index contributed by atoms with van der Waals surface area (Å²) in [6, 6.07) is 0. The Hall–Kier alpha value is -0.880. The number of halogens is 1. The molecule has 0 bridgehead atoms. The summed E-state index contributed by atoms with van der Waals surface area (Å²) in [6.45, 7) is 7.06. The van der Waals surface area contributed by atoms with Crippen LogP contribution in [-0.4, -0.2) is 36.0 Å². The highest BCUT2D eigenvalue weighted by Gasteiger charge is 2.37. The normalized spacial score (nSPS) is 25.2. The number of rotatable bonds is 4. The molecule has 2 saturated heterocycles. The molecule has 1 aromatic rings. The highest BCUT2D eigenvalue weighted by Crippen LogP contribution is 2.32. The molecule has 6 heteroatoms. The quantitative estimate of drug-likeness (QED) is 0.901. The SMILES string of the molecule is CCCCn1ncc(N2CC3CNCC3C2)c(Br)c1=O. The molecule has 20 heavy (non-hydrogen) atoms. The Labute approximate surface area is 127 Å². The highest BCUT2D eigenvalue weighted by molar-refractivity contribution is 9.10. The Kier molecular flexibility index (Phi) is 4.12. The fourth-order valence-electron chi connectivity index (χ4n) is 3.20. The van der Waals surface area contributed by atoms with Gasteiger partial charge in [-0.3, -0.25) is 4.79 Å². The summed E-state index contributed by atoms with van der Waals surface area (Å²) in [4.78, 5) is 14.6. The van der Waals surface area contributed by atoms with Crippen LogP contribution in [0.2, 0.25) is 0 Å². The van der Waals surface area contributed by atoms with E-state index >= 15 is 0 Å². The molecule has 3 rings (SSSR count). The third kappa shape index (κ3) is 2.51. The van der Waals surface area contributed by atoms with Crippen LogP contribution in [0.1, 0.15) is 19.8 Å². The van der Waals surface area contributed by atoms with E-state index < -0.39 is 0 Å². The van der Waals surface area contributed by atoms with Crippen LogP contribution in [0.5, 0.6) is 0 Å². The minimum atomic E-state index is -0.00821. The molecule has 5 nitrogen and oxygen atoms in total. The third-order valence-corrected chi connectivity index (χ3v) is 5.17. The zero-order valence-corrected chi connectivity index (χ0v) is 13.4. The minimum absolute atomic E-state index is 0.00821. The van der Waals surface area contributed by atoms with Gasteiger partial charge >= 0.3 is 0 Å². The maximum atomic E-state index is 12.3. The molecule has 0 spiro atoms. The van der Waals surface area contributed by atoms with E-state index in [0.717, 1.165) is 44.7 Å². The van der Waals surface area contributed by atoms with Crippen LogP contribution in [0.4, 0.5) is 5.69 Å². The number of nitrogens with zero attached hydrogens (tertiary/aromatic N) is 3. The van der Waals surface area contributed by atoms with Crippen molar-refractivity contribution in [3.63, 3.8) is 0 Å². The standard InChI is InChI=1S/C14H21BrN4O/c1-2-3-4-19-14(20)13(15)12(7-17-19)18-8-10-5-16-6-11(10)9-18/h7,10-11,16H,2-6,8-9H2,1H3. The lowest BCUT2D eigenvalue weighted by molar-refractivity contribution is 0.533. The first kappa shape index (κ1) is 14.1. The van der Waals surface area contributed by atoms with Crippen molar-refractivity contribution in [3.05, 3.63) is 21.0 Å². The molecule has 3 heterocycles. The van der Waals surface area contributed by atoms with E-state index in [1.807, 2.05) is 6.20 Å². The fourth-order valence-corrected chi connectivity index (χ4v) is 3.75. The lowest BCUT2D eigenvalue weighted by Gasteiger charge is -2.21. The molecule has 2 fully saturated rings. The molecule has 0 aliphatic carbocycles. The molecule has 2 aliphatic rings. The lowest BCUT2D eigenvalue weighted by Crippen LogP contribution is -2.30. The number of fused-ring (bicyclic) bond motifs is 1. The molecule has 0 amide bonds. The Morgan fingerprint density at radius 1 is 1.40 bits per heavy atom. The molecule has 0 radical (unpaired) electrons. The predicted molar refractivity (Wildman–Crippen MR) is 83.2 cm³/mol. The van der Waals surface area contributed by atoms with Gasteiger partial charge in [-0.15, -0.1) is 0 Å². The average molecular weight is 341 g/mol. The maximum Gasteiger partial charge on any atom is 0.283 e. The van der Waals surface area contributed by atoms with E-state index in [4.69, 9.17) is 0 Å². The van der Waals surface area contributed by atoms with Gasteiger partial charge < -0.3 is 10.2 Å². The summed E-state index contributed by atoms with van der Waals surface area (Å²) in [6.07, 6.45) is 3.89. The van der Waals surface area contributed by atoms with Crippen molar-refractivity contribution >= 4 is 21.6 Å². The summed E-state index contributed by atoms with van der Waals surface area (Å²) < 4.78 is 2.23. The van der Waals surface area contributed by atoms with Gasteiger partial charge in [0, 0.05) is 32.7 Å². The van der Waals surface area contributed by atoms with Crippen molar-refractivity contribution in [1.82, 2.24) is 15.1 Å². The number of aryl methyl sites for hydroxylation is 1. The molecular formula is C14H21BrN4O. The Morgan fingerprint density at radius 3 is 2.75 bits per heavy atom. The Balaban J connectivity index is 1.81. The zero-order chi connectivity index (χ0) is 14.1. The Bertz CT molecular complexity index is 532. The van der Waals surface area contributed by atoms with Gasteiger partial charge in [0.15, 0.2) is 0 Å². The number of unbranched alkanes of at least 4 members (excludes halogenated alkanes) is 1. The van der Waals surface area contributed by atoms with Gasteiger partial charge in [-0.2, -0.15) is 5.10 Å². The number of hydrogen-bond donors (Lipinski definition) is 1. The van der Waals surface area contributed by atoms with Crippen molar-refractivity contribution < 1.29 is 0 Å². The van der Waals surface area contributed by atoms with Gasteiger partial charge in [-0.1, -0.05) is 13.3 Å². The van der Waals surface area contributed by atoms with Crippen LogP contribution >= 0.6 is 15.9 Å². The van der Waals surface area contributed by atoms with Crippen LogP contribution in [0.3, 0.4) is 0 Å². The van der Waals surface area contributed by atoms with E-state index in [1.54, 1.807) is 4.68 Å². The molecule has 110 valence electrons. The van der Waals surface area contributed by atoms with Crippen LogP contribution in [0.25, 0.3) is 0 Å². The first-order valence-corrected chi connectivity index (χ1v) is 8.21. The summed E-state index contributed by atoms with van der Waals surface area (Å²) in [5.74, 6) is 1.42. The molecule has 0 aromatic carbocycles. The number of aromatic nitrogens is 2. The maximum absolute atomic E-state index is 12.3. The van der Waals surface area contributed by atoms with Gasteiger partial charge in [0.1, 0.15) is 4.47 Å². The van der Waals surface area contributed by atoms with Crippen molar-refractivity contribution in [3.8, 4) is 0 Å². The summed E-state index contributed by atoms with van der Waals surface area (Å²) >= 11 is 3.48. The second-order valence-electron chi connectivity index (χ2n) is 5.81. The molecule has 2 atom stereocenters. The van der Waals surface area contributed by atoms with Crippen molar-refractivity contribution in [2.45, 2.75) is 26.3 Å². The first-order chi connectivity index (χ1) is 9.70. The number of hydrogen-bond acceptors (Lipinski definition) is 4. The molecule has 2 aliphatic heterocycles. The van der Waals surface area contributed by atoms with Crippen LogP contribution < -0.4 is 15.8 Å². The van der Waals surface area contributed by atoms with Crippen molar-refractivity contribution in [2.24, 2.45) is 11.8 Å². The molecule has 0 saturated carbocycles. The number of anilines is 1. The van der Waals surface area contributed by atoms with E-state index in [0.29, 0.717) is 22.9 Å². The molecule has 1 aromatic heterocycles. The van der Waals surface area contributed by atoms with E-state index in [9.17, 15) is 4.79 Å². The molecule has 1 N–H and O–H groups in total. The van der Waals surface area contributed by atoms with Crippen LogP contribution in [-0.2, 0) is 6.54 Å². The lowest BCUT2D eigenvalue weighted by atomic mass is 10.0.